The zero-order valence-corrected chi connectivity index (χ0v) is 21.9. The zero-order valence-electron chi connectivity index (χ0n) is 20.2. The summed E-state index contributed by atoms with van der Waals surface area (Å²) in [5.41, 5.74) is 1.84. The first-order chi connectivity index (χ1) is 16.5. The molecular weight excluding hydrogens is 485 g/mol. The van der Waals surface area contributed by atoms with Crippen LogP contribution in [0.3, 0.4) is 0 Å². The Kier molecular flexibility index (Phi) is 7.40. The molecule has 3 aromatic rings. The summed E-state index contributed by atoms with van der Waals surface area (Å²) in [6, 6.07) is 12.2. The molecule has 0 aliphatic carbocycles. The maximum absolute atomic E-state index is 13.7. The van der Waals surface area contributed by atoms with Crippen molar-refractivity contribution < 1.29 is 12.8 Å². The van der Waals surface area contributed by atoms with Gasteiger partial charge in [-0.05, 0) is 82.5 Å². The van der Waals surface area contributed by atoms with Crippen molar-refractivity contribution in [2.75, 3.05) is 13.1 Å². The van der Waals surface area contributed by atoms with Gasteiger partial charge in [0.2, 0.25) is 0 Å². The molecule has 0 saturated carbocycles. The third kappa shape index (κ3) is 5.95. The van der Waals surface area contributed by atoms with Crippen molar-refractivity contribution in [1.29, 1.82) is 0 Å². The highest BCUT2D eigenvalue weighted by atomic mass is 32.2. The van der Waals surface area contributed by atoms with Crippen LogP contribution in [0.4, 0.5) is 4.39 Å². The first kappa shape index (κ1) is 25.8. The predicted molar refractivity (Wildman–Crippen MR) is 136 cm³/mol. The van der Waals surface area contributed by atoms with Crippen LogP contribution in [-0.2, 0) is 22.2 Å². The summed E-state index contributed by atoms with van der Waals surface area (Å²) >= 11 is 1.13. The predicted octanol–water partition coefficient (Wildman–Crippen LogP) is 4.08. The summed E-state index contributed by atoms with van der Waals surface area (Å²) in [5.74, 6) is 0. The molecule has 0 bridgehead atoms. The number of aromatic nitrogens is 2. The van der Waals surface area contributed by atoms with Gasteiger partial charge in [-0.2, -0.15) is 17.5 Å². The molecule has 0 radical (unpaired) electrons. The van der Waals surface area contributed by atoms with Gasteiger partial charge >= 0.3 is 0 Å². The van der Waals surface area contributed by atoms with E-state index in [2.05, 4.69) is 39.5 Å². The number of nitrogens with two attached hydrogens (primary N) is 1. The Bertz CT molecular complexity index is 1250. The van der Waals surface area contributed by atoms with Crippen LogP contribution in [0.15, 0.2) is 54.9 Å². The van der Waals surface area contributed by atoms with Gasteiger partial charge in [0.15, 0.2) is 5.13 Å². The van der Waals surface area contributed by atoms with E-state index < -0.39 is 21.7 Å². The molecule has 0 spiro atoms. The number of rotatable bonds is 9. The van der Waals surface area contributed by atoms with E-state index in [0.29, 0.717) is 25.1 Å². The van der Waals surface area contributed by atoms with Crippen molar-refractivity contribution in [1.82, 2.24) is 19.6 Å². The molecule has 35 heavy (non-hydrogen) atoms. The Morgan fingerprint density at radius 1 is 1.23 bits per heavy atom. The van der Waals surface area contributed by atoms with E-state index in [4.69, 9.17) is 5.14 Å². The molecule has 1 saturated heterocycles. The highest BCUT2D eigenvalue weighted by Gasteiger charge is 2.49. The number of likely N-dealkylation sites (tertiary alicyclic amines) is 1. The molecule has 2 atom stereocenters. The molecule has 10 heteroatoms. The topological polar surface area (TPSA) is 101 Å². The molecule has 2 unspecified atom stereocenters. The molecule has 3 aromatic heterocycles. The third-order valence-corrected chi connectivity index (χ3v) is 8.67. The van der Waals surface area contributed by atoms with E-state index in [0.717, 1.165) is 40.4 Å². The van der Waals surface area contributed by atoms with E-state index in [1.54, 1.807) is 18.3 Å². The molecule has 0 amide bonds. The van der Waals surface area contributed by atoms with Crippen molar-refractivity contribution in [3.8, 4) is 0 Å². The summed E-state index contributed by atoms with van der Waals surface area (Å²) in [5, 5.41) is 5.28. The molecule has 0 aromatic carbocycles. The largest absolute Gasteiger partial charge is 0.293 e. The van der Waals surface area contributed by atoms with Crippen molar-refractivity contribution >= 4 is 21.5 Å². The fraction of sp³-hybridized carbons (Fsp3) is 0.440. The standard InChI is InChI=1S/C25H32FN5O2S2/c1-18-7-8-19(16-29-18)24(2,3)31-15-13-25(17-31,12-11-20-9-10-22(26)34-20)23(30-35(27,32)33)21-6-4-5-14-28-21/h4-10,14,16,23,30H,11-13,15,17H2,1-3H3,(H2,27,32,33). The van der Waals surface area contributed by atoms with Gasteiger partial charge in [-0.1, -0.05) is 12.1 Å². The van der Waals surface area contributed by atoms with Gasteiger partial charge in [-0.3, -0.25) is 14.9 Å². The van der Waals surface area contributed by atoms with E-state index in [-0.39, 0.29) is 10.7 Å². The lowest BCUT2D eigenvalue weighted by molar-refractivity contribution is 0.112. The van der Waals surface area contributed by atoms with E-state index >= 15 is 0 Å². The minimum absolute atomic E-state index is 0.223. The van der Waals surface area contributed by atoms with Crippen LogP contribution in [0.1, 0.15) is 54.6 Å². The molecule has 1 fully saturated rings. The summed E-state index contributed by atoms with van der Waals surface area (Å²) < 4.78 is 41.0. The number of halogens is 1. The lowest BCUT2D eigenvalue weighted by atomic mass is 9.74. The van der Waals surface area contributed by atoms with Crippen LogP contribution >= 0.6 is 11.3 Å². The van der Waals surface area contributed by atoms with E-state index in [1.165, 1.54) is 6.07 Å². The van der Waals surface area contributed by atoms with Crippen LogP contribution in [0.2, 0.25) is 0 Å². The molecular formula is C25H32FN5O2S2. The van der Waals surface area contributed by atoms with Gasteiger partial charge in [0, 0.05) is 40.5 Å². The lowest BCUT2D eigenvalue weighted by Gasteiger charge is -2.41. The number of nitrogens with one attached hydrogen (secondary N) is 1. The Labute approximate surface area is 210 Å². The maximum atomic E-state index is 13.7. The quantitative estimate of drug-likeness (QED) is 0.445. The highest BCUT2D eigenvalue weighted by Crippen LogP contribution is 2.48. The van der Waals surface area contributed by atoms with Gasteiger partial charge in [-0.15, -0.1) is 11.3 Å². The average Bonchev–Trinajstić information content (AvgIpc) is 3.44. The van der Waals surface area contributed by atoms with E-state index in [1.807, 2.05) is 31.3 Å². The van der Waals surface area contributed by atoms with Crippen LogP contribution in [0.25, 0.3) is 0 Å². The van der Waals surface area contributed by atoms with Crippen LogP contribution in [0, 0.1) is 17.5 Å². The molecule has 7 nitrogen and oxygen atoms in total. The normalized spacial score (nSPS) is 20.3. The van der Waals surface area contributed by atoms with Gasteiger partial charge < -0.3 is 0 Å². The third-order valence-electron chi connectivity index (χ3n) is 7.17. The Morgan fingerprint density at radius 2 is 2.03 bits per heavy atom. The fourth-order valence-corrected chi connectivity index (χ4v) is 6.46. The Hall–Kier alpha value is -2.24. The van der Waals surface area contributed by atoms with Gasteiger partial charge in [0.05, 0.1) is 11.7 Å². The summed E-state index contributed by atoms with van der Waals surface area (Å²) in [6.07, 6.45) is 5.57. The molecule has 4 rings (SSSR count). The summed E-state index contributed by atoms with van der Waals surface area (Å²) in [4.78, 5) is 12.3. The smallest absolute Gasteiger partial charge is 0.275 e. The van der Waals surface area contributed by atoms with Crippen molar-refractivity contribution in [2.24, 2.45) is 10.6 Å². The fourth-order valence-electron chi connectivity index (χ4n) is 5.04. The first-order valence-corrected chi connectivity index (χ1v) is 14.0. The summed E-state index contributed by atoms with van der Waals surface area (Å²) in [7, 11) is -4.01. The number of pyridine rings is 2. The minimum atomic E-state index is -4.01. The van der Waals surface area contributed by atoms with E-state index in [9.17, 15) is 12.8 Å². The lowest BCUT2D eigenvalue weighted by Crippen LogP contribution is -2.47. The van der Waals surface area contributed by atoms with Crippen LogP contribution in [0.5, 0.6) is 0 Å². The second kappa shape index (κ2) is 10.0. The van der Waals surface area contributed by atoms with Crippen molar-refractivity contribution in [3.05, 3.63) is 81.8 Å². The molecule has 1 aliphatic rings. The monoisotopic (exact) mass is 517 g/mol. The second-order valence-electron chi connectivity index (χ2n) is 9.84. The summed E-state index contributed by atoms with van der Waals surface area (Å²) in [6.45, 7) is 7.65. The maximum Gasteiger partial charge on any atom is 0.275 e. The number of thiophene rings is 1. The van der Waals surface area contributed by atoms with Crippen molar-refractivity contribution in [3.63, 3.8) is 0 Å². The van der Waals surface area contributed by atoms with Gasteiger partial charge in [-0.25, -0.2) is 5.14 Å². The molecule has 1 aliphatic heterocycles. The number of aryl methyl sites for hydroxylation is 2. The minimum Gasteiger partial charge on any atom is -0.293 e. The van der Waals surface area contributed by atoms with Gasteiger partial charge in [0.25, 0.3) is 10.2 Å². The van der Waals surface area contributed by atoms with Crippen LogP contribution in [-0.4, -0.2) is 36.4 Å². The first-order valence-electron chi connectivity index (χ1n) is 11.6. The SMILES string of the molecule is Cc1ccc(C(C)(C)N2CCC(CCc3ccc(F)s3)(C(NS(N)(=O)=O)c3ccccn3)C2)cn1. The molecule has 188 valence electrons. The Morgan fingerprint density at radius 3 is 2.63 bits per heavy atom. The second-order valence-corrected chi connectivity index (χ2v) is 12.3. The average molecular weight is 518 g/mol. The van der Waals surface area contributed by atoms with Gasteiger partial charge in [0.1, 0.15) is 0 Å². The Balaban J connectivity index is 1.72. The van der Waals surface area contributed by atoms with Crippen molar-refractivity contribution in [2.45, 2.75) is 51.6 Å². The number of hydrogen-bond donors (Lipinski definition) is 2. The highest BCUT2D eigenvalue weighted by molar-refractivity contribution is 7.87. The molecule has 3 N–H and O–H groups in total. The number of hydrogen-bond acceptors (Lipinski definition) is 6. The van der Waals surface area contributed by atoms with Crippen LogP contribution < -0.4 is 9.86 Å². The number of nitrogens with zero attached hydrogens (tertiary/aromatic N) is 3. The zero-order chi connectivity index (χ0) is 25.3. The molecule has 4 heterocycles.